The predicted molar refractivity (Wildman–Crippen MR) is 92.4 cm³/mol. The van der Waals surface area contributed by atoms with Crippen LogP contribution in [0.5, 0.6) is 0 Å². The average molecular weight is 300 g/mol. The number of quaternary nitrogens is 1. The highest BCUT2D eigenvalue weighted by molar-refractivity contribution is 5.75. The lowest BCUT2D eigenvalue weighted by molar-refractivity contribution is -0.869. The summed E-state index contributed by atoms with van der Waals surface area (Å²) < 4.78 is 0.901. The number of carbonyl (C=O) groups excluding carboxylic acids is 1. The average Bonchev–Trinajstić information content (AvgIpc) is 2.39. The quantitative estimate of drug-likeness (QED) is 0.379. The number of hydrogen-bond acceptors (Lipinski definition) is 1. The van der Waals surface area contributed by atoms with Gasteiger partial charge in [-0.15, -0.1) is 0 Å². The van der Waals surface area contributed by atoms with E-state index in [1.165, 1.54) is 57.8 Å². The van der Waals surface area contributed by atoms with Crippen LogP contribution in [-0.2, 0) is 4.79 Å². The molecule has 0 aliphatic carbocycles. The molecule has 0 aliphatic heterocycles. The van der Waals surface area contributed by atoms with Crippen molar-refractivity contribution in [1.29, 1.82) is 0 Å². The predicted octanol–water partition coefficient (Wildman–Crippen LogP) is 4.12. The van der Waals surface area contributed by atoms with Crippen LogP contribution in [0.2, 0.25) is 0 Å². The van der Waals surface area contributed by atoms with Crippen molar-refractivity contribution >= 4 is 5.91 Å². The Balaban J connectivity index is 3.22. The van der Waals surface area contributed by atoms with Crippen LogP contribution in [0.15, 0.2) is 0 Å². The molecule has 0 aliphatic rings. The molecule has 3 heteroatoms. The van der Waals surface area contributed by atoms with Crippen molar-refractivity contribution in [3.8, 4) is 0 Å². The van der Waals surface area contributed by atoms with Gasteiger partial charge in [-0.2, -0.15) is 0 Å². The third-order valence-corrected chi connectivity index (χ3v) is 3.86. The zero-order valence-corrected chi connectivity index (χ0v) is 15.0. The molecule has 0 rings (SSSR count). The van der Waals surface area contributed by atoms with Gasteiger partial charge in [-0.3, -0.25) is 4.79 Å². The van der Waals surface area contributed by atoms with Crippen LogP contribution in [0.25, 0.3) is 0 Å². The first-order chi connectivity index (χ1) is 9.95. The van der Waals surface area contributed by atoms with Crippen LogP contribution >= 0.6 is 0 Å². The normalized spacial score (nSPS) is 11.6. The Morgan fingerprint density at radius 2 is 1.29 bits per heavy atom. The van der Waals surface area contributed by atoms with Gasteiger partial charge < -0.3 is 9.80 Å². The largest absolute Gasteiger partial charge is 0.350 e. The molecule has 0 bridgehead atoms. The van der Waals surface area contributed by atoms with E-state index in [1.807, 2.05) is 0 Å². The van der Waals surface area contributed by atoms with Crippen LogP contribution in [0, 0.1) is 0 Å². The second-order valence-corrected chi connectivity index (χ2v) is 7.30. The molecule has 0 spiro atoms. The number of nitrogens with one attached hydrogen (secondary N) is 1. The number of unbranched alkanes of at least 4 members (excludes halogenated alkanes) is 9. The number of nitrogens with zero attached hydrogens (tertiary/aromatic N) is 1. The van der Waals surface area contributed by atoms with Crippen LogP contribution in [0.1, 0.15) is 77.6 Å². The molecule has 0 aromatic carbocycles. The van der Waals surface area contributed by atoms with E-state index < -0.39 is 0 Å². The molecule has 0 aromatic heterocycles. The molecule has 3 nitrogen and oxygen atoms in total. The first kappa shape index (κ1) is 20.4. The third kappa shape index (κ3) is 17.4. The van der Waals surface area contributed by atoms with E-state index in [0.717, 1.165) is 24.0 Å². The maximum Gasteiger partial charge on any atom is 0.220 e. The van der Waals surface area contributed by atoms with E-state index in [1.54, 1.807) is 0 Å². The molecule has 0 atom stereocenters. The fraction of sp³-hybridized carbons (Fsp3) is 0.944. The molecule has 1 N–H and O–H groups in total. The number of carbonyl (C=O) groups is 1. The van der Waals surface area contributed by atoms with E-state index in [-0.39, 0.29) is 5.91 Å². The van der Waals surface area contributed by atoms with Crippen molar-refractivity contribution in [3.63, 3.8) is 0 Å². The zero-order valence-electron chi connectivity index (χ0n) is 15.0. The van der Waals surface area contributed by atoms with Crippen LogP contribution < -0.4 is 5.32 Å². The summed E-state index contributed by atoms with van der Waals surface area (Å²) in [6.07, 6.45) is 13.9. The number of hydrogen-bond donors (Lipinski definition) is 1. The van der Waals surface area contributed by atoms with Gasteiger partial charge in [0, 0.05) is 6.42 Å². The Hall–Kier alpha value is -0.570. The van der Waals surface area contributed by atoms with Gasteiger partial charge in [0.1, 0.15) is 0 Å². The summed E-state index contributed by atoms with van der Waals surface area (Å²) >= 11 is 0. The maximum absolute atomic E-state index is 11.6. The first-order valence-electron chi connectivity index (χ1n) is 9.03. The summed E-state index contributed by atoms with van der Waals surface area (Å²) in [6.45, 7) is 4.04. The maximum atomic E-state index is 11.6. The fourth-order valence-electron chi connectivity index (χ4n) is 2.39. The molecular weight excluding hydrogens is 260 g/mol. The summed E-state index contributed by atoms with van der Waals surface area (Å²) in [5, 5.41) is 3.02. The monoisotopic (exact) mass is 299 g/mol. The van der Waals surface area contributed by atoms with Gasteiger partial charge in [-0.25, -0.2) is 0 Å². The van der Waals surface area contributed by atoms with Crippen LogP contribution in [0.4, 0.5) is 0 Å². The topological polar surface area (TPSA) is 29.1 Å². The van der Waals surface area contributed by atoms with Crippen molar-refractivity contribution in [2.45, 2.75) is 77.6 Å². The van der Waals surface area contributed by atoms with E-state index >= 15 is 0 Å². The van der Waals surface area contributed by atoms with Gasteiger partial charge in [0.05, 0.1) is 34.2 Å². The molecular formula is C18H39N2O+. The van der Waals surface area contributed by atoms with Gasteiger partial charge in [0.15, 0.2) is 0 Å². The molecule has 0 radical (unpaired) electrons. The highest BCUT2D eigenvalue weighted by atomic mass is 16.1. The van der Waals surface area contributed by atoms with Gasteiger partial charge in [-0.05, 0) is 6.42 Å². The molecule has 0 aromatic rings. The zero-order chi connectivity index (χ0) is 16.0. The van der Waals surface area contributed by atoms with E-state index in [0.29, 0.717) is 6.42 Å². The summed E-state index contributed by atoms with van der Waals surface area (Å²) in [5.74, 6) is 0.225. The molecule has 0 fully saturated rings. The lowest BCUT2D eigenvalue weighted by Gasteiger charge is -2.23. The number of rotatable bonds is 14. The van der Waals surface area contributed by atoms with Crippen molar-refractivity contribution in [2.75, 3.05) is 34.2 Å². The number of likely N-dealkylation sites (N-methyl/N-ethyl adjacent to an activating group) is 1. The highest BCUT2D eigenvalue weighted by Crippen LogP contribution is 2.11. The smallest absolute Gasteiger partial charge is 0.220 e. The molecule has 0 unspecified atom stereocenters. The second-order valence-electron chi connectivity index (χ2n) is 7.30. The highest BCUT2D eigenvalue weighted by Gasteiger charge is 2.07. The van der Waals surface area contributed by atoms with Crippen LogP contribution in [0.3, 0.4) is 0 Å². The van der Waals surface area contributed by atoms with Crippen molar-refractivity contribution in [1.82, 2.24) is 5.32 Å². The molecule has 1 amide bonds. The van der Waals surface area contributed by atoms with E-state index in [4.69, 9.17) is 0 Å². The summed E-state index contributed by atoms with van der Waals surface area (Å²) in [7, 11) is 6.44. The first-order valence-corrected chi connectivity index (χ1v) is 9.03. The van der Waals surface area contributed by atoms with Gasteiger partial charge in [-0.1, -0.05) is 64.7 Å². The van der Waals surface area contributed by atoms with Crippen LogP contribution in [-0.4, -0.2) is 44.6 Å². The van der Waals surface area contributed by atoms with E-state index in [2.05, 4.69) is 33.4 Å². The van der Waals surface area contributed by atoms with Gasteiger partial charge >= 0.3 is 0 Å². The SMILES string of the molecule is CCCCCCCCCCCCC(=O)NCC[N+](C)(C)C. The second kappa shape index (κ2) is 13.1. The Morgan fingerprint density at radius 1 is 0.810 bits per heavy atom. The minimum absolute atomic E-state index is 0.225. The van der Waals surface area contributed by atoms with Crippen molar-refractivity contribution in [3.05, 3.63) is 0 Å². The van der Waals surface area contributed by atoms with Crippen molar-refractivity contribution in [2.24, 2.45) is 0 Å². The molecule has 21 heavy (non-hydrogen) atoms. The summed E-state index contributed by atoms with van der Waals surface area (Å²) in [6, 6.07) is 0. The molecule has 0 heterocycles. The summed E-state index contributed by atoms with van der Waals surface area (Å²) in [5.41, 5.74) is 0. The molecule has 0 saturated carbocycles. The standard InChI is InChI=1S/C18H38N2O/c1-5-6-7-8-9-10-11-12-13-14-15-18(21)19-16-17-20(2,3)4/h5-17H2,1-4H3/p+1. The van der Waals surface area contributed by atoms with E-state index in [9.17, 15) is 4.79 Å². The van der Waals surface area contributed by atoms with Crippen molar-refractivity contribution < 1.29 is 9.28 Å². The lowest BCUT2D eigenvalue weighted by atomic mass is 10.1. The summed E-state index contributed by atoms with van der Waals surface area (Å²) in [4.78, 5) is 11.6. The number of amides is 1. The van der Waals surface area contributed by atoms with Gasteiger partial charge in [0.25, 0.3) is 0 Å². The Labute approximate surface area is 133 Å². The fourth-order valence-corrected chi connectivity index (χ4v) is 2.39. The Bertz CT molecular complexity index is 246. The Morgan fingerprint density at radius 3 is 1.76 bits per heavy atom. The minimum Gasteiger partial charge on any atom is -0.350 e. The van der Waals surface area contributed by atoms with Gasteiger partial charge in [0.2, 0.25) is 5.91 Å². The Kier molecular flexibility index (Phi) is 12.8. The molecule has 126 valence electrons. The molecule has 0 saturated heterocycles. The minimum atomic E-state index is 0.225. The third-order valence-electron chi connectivity index (χ3n) is 3.86. The lowest BCUT2D eigenvalue weighted by Crippen LogP contribution is -2.41.